The number of aromatic nitrogens is 1. The predicted octanol–water partition coefficient (Wildman–Crippen LogP) is 2.93. The fraction of sp³-hybridized carbons (Fsp3) is 0.567. The molecule has 3 heterocycles. The van der Waals surface area contributed by atoms with Crippen molar-refractivity contribution in [3.05, 3.63) is 35.0 Å². The molecular formula is C30H40N4O7S. The SMILES string of the molecule is COC(=O)CCCCCC(=O)N[C@H](C(=O)N1C[C@H](O)C[C@H]1NC(=O)Cc1ccc2c(c1)OCc1ncsc1-2)C(C)(C)C. The molecule has 0 unspecified atom stereocenters. The van der Waals surface area contributed by atoms with Gasteiger partial charge in [-0.2, -0.15) is 0 Å². The maximum Gasteiger partial charge on any atom is 0.305 e. The van der Waals surface area contributed by atoms with E-state index in [4.69, 9.17) is 4.74 Å². The molecule has 0 aliphatic carbocycles. The molecular weight excluding hydrogens is 560 g/mol. The lowest BCUT2D eigenvalue weighted by Crippen LogP contribution is -2.58. The van der Waals surface area contributed by atoms with Gasteiger partial charge in [0.05, 0.1) is 35.7 Å². The Bertz CT molecular complexity index is 1300. The van der Waals surface area contributed by atoms with Gasteiger partial charge in [0.15, 0.2) is 0 Å². The minimum absolute atomic E-state index is 0.0592. The number of carbonyl (C=O) groups excluding carboxylic acids is 4. The van der Waals surface area contributed by atoms with Crippen molar-refractivity contribution in [3.63, 3.8) is 0 Å². The summed E-state index contributed by atoms with van der Waals surface area (Å²) in [6, 6.07) is 4.81. The highest BCUT2D eigenvalue weighted by atomic mass is 32.1. The number of hydrogen-bond acceptors (Lipinski definition) is 9. The number of aliphatic hydroxyl groups excluding tert-OH is 1. The minimum atomic E-state index is -0.848. The molecule has 4 rings (SSSR count). The molecule has 1 saturated heterocycles. The maximum atomic E-state index is 13.7. The molecule has 0 bridgehead atoms. The summed E-state index contributed by atoms with van der Waals surface area (Å²) in [7, 11) is 1.34. The summed E-state index contributed by atoms with van der Waals surface area (Å²) in [5.74, 6) is -0.478. The third-order valence-corrected chi connectivity index (χ3v) is 8.38. The molecule has 1 aromatic heterocycles. The van der Waals surface area contributed by atoms with Crippen molar-refractivity contribution in [2.45, 2.75) is 90.6 Å². The molecule has 3 amide bonds. The summed E-state index contributed by atoms with van der Waals surface area (Å²) in [5.41, 5.74) is 3.81. The van der Waals surface area contributed by atoms with E-state index in [0.717, 1.165) is 21.7 Å². The van der Waals surface area contributed by atoms with Gasteiger partial charge in [-0.3, -0.25) is 19.2 Å². The van der Waals surface area contributed by atoms with Crippen LogP contribution < -0.4 is 15.4 Å². The van der Waals surface area contributed by atoms with E-state index in [0.29, 0.717) is 38.0 Å². The summed E-state index contributed by atoms with van der Waals surface area (Å²) in [5, 5.41) is 16.2. The van der Waals surface area contributed by atoms with Crippen molar-refractivity contribution in [2.24, 2.45) is 5.41 Å². The smallest absolute Gasteiger partial charge is 0.305 e. The highest BCUT2D eigenvalue weighted by Crippen LogP contribution is 2.40. The Balaban J connectivity index is 1.35. The molecule has 3 atom stereocenters. The van der Waals surface area contributed by atoms with Crippen LogP contribution in [0.3, 0.4) is 0 Å². The van der Waals surface area contributed by atoms with Crippen LogP contribution in [0.1, 0.15) is 70.6 Å². The minimum Gasteiger partial charge on any atom is -0.487 e. The monoisotopic (exact) mass is 600 g/mol. The molecule has 1 fully saturated rings. The number of thiazole rings is 1. The average molecular weight is 601 g/mol. The number of esters is 1. The molecule has 0 saturated carbocycles. The average Bonchev–Trinajstić information content (AvgIpc) is 3.56. The Morgan fingerprint density at radius 3 is 2.67 bits per heavy atom. The first-order valence-electron chi connectivity index (χ1n) is 14.3. The molecule has 3 N–H and O–H groups in total. The number of nitrogens with one attached hydrogen (secondary N) is 2. The molecule has 2 aliphatic rings. The number of methoxy groups -OCH3 is 1. The lowest BCUT2D eigenvalue weighted by atomic mass is 9.85. The first-order valence-corrected chi connectivity index (χ1v) is 15.2. The number of hydrogen-bond donors (Lipinski definition) is 3. The molecule has 2 aromatic rings. The number of carbonyl (C=O) groups is 4. The number of amides is 3. The number of likely N-dealkylation sites (tertiary alicyclic amines) is 1. The summed E-state index contributed by atoms with van der Waals surface area (Å²) < 4.78 is 10.5. The van der Waals surface area contributed by atoms with E-state index in [1.54, 1.807) is 16.8 Å². The second-order valence-electron chi connectivity index (χ2n) is 11.9. The standard InChI is InChI=1S/C30H40N4O7S/c1-30(2,3)28(33-24(36)8-6-5-7-9-26(38)40-4)29(39)34-15-19(35)14-23(34)32-25(37)13-18-10-11-20-22(12-18)41-16-21-27(20)42-17-31-21/h10-12,17,19,23,28,35H,5-9,13-16H2,1-4H3,(H,32,37)(H,33,36)/t19-,23+,28-/m1/s1. The summed E-state index contributed by atoms with van der Waals surface area (Å²) in [4.78, 5) is 57.6. The van der Waals surface area contributed by atoms with Gasteiger partial charge in [0.1, 0.15) is 24.6 Å². The van der Waals surface area contributed by atoms with Gasteiger partial charge in [-0.05, 0) is 36.0 Å². The number of unbranched alkanes of at least 4 members (excludes halogenated alkanes) is 2. The van der Waals surface area contributed by atoms with E-state index in [1.165, 1.54) is 12.0 Å². The van der Waals surface area contributed by atoms with E-state index in [2.05, 4.69) is 20.4 Å². The van der Waals surface area contributed by atoms with Gasteiger partial charge < -0.3 is 30.1 Å². The van der Waals surface area contributed by atoms with E-state index in [-0.39, 0.29) is 49.5 Å². The Morgan fingerprint density at radius 2 is 1.93 bits per heavy atom. The second kappa shape index (κ2) is 13.6. The summed E-state index contributed by atoms with van der Waals surface area (Å²) in [6.07, 6.45) is 1.20. The van der Waals surface area contributed by atoms with Gasteiger partial charge in [-0.15, -0.1) is 11.3 Å². The molecule has 0 radical (unpaired) electrons. The number of rotatable bonds is 11. The molecule has 228 valence electrons. The van der Waals surface area contributed by atoms with Gasteiger partial charge in [-0.1, -0.05) is 33.3 Å². The molecule has 11 nitrogen and oxygen atoms in total. The van der Waals surface area contributed by atoms with Crippen LogP contribution in [-0.4, -0.2) is 70.6 Å². The van der Waals surface area contributed by atoms with Crippen molar-refractivity contribution in [1.82, 2.24) is 20.5 Å². The summed E-state index contributed by atoms with van der Waals surface area (Å²) >= 11 is 1.55. The third-order valence-electron chi connectivity index (χ3n) is 7.48. The van der Waals surface area contributed by atoms with E-state index in [9.17, 15) is 24.3 Å². The lowest BCUT2D eigenvalue weighted by Gasteiger charge is -2.35. The van der Waals surface area contributed by atoms with Crippen LogP contribution in [0.15, 0.2) is 23.7 Å². The van der Waals surface area contributed by atoms with Crippen molar-refractivity contribution in [2.75, 3.05) is 13.7 Å². The molecule has 12 heteroatoms. The largest absolute Gasteiger partial charge is 0.487 e. The fourth-order valence-corrected chi connectivity index (χ4v) is 6.05. The van der Waals surface area contributed by atoms with Gasteiger partial charge in [0.2, 0.25) is 17.7 Å². The van der Waals surface area contributed by atoms with Gasteiger partial charge in [0.25, 0.3) is 0 Å². The second-order valence-corrected chi connectivity index (χ2v) is 12.7. The number of aliphatic hydroxyl groups is 1. The first kappa shape index (κ1) is 31.4. The summed E-state index contributed by atoms with van der Waals surface area (Å²) in [6.45, 7) is 6.03. The van der Waals surface area contributed by atoms with E-state index < -0.39 is 23.7 Å². The van der Waals surface area contributed by atoms with Crippen molar-refractivity contribution < 1.29 is 33.8 Å². The van der Waals surface area contributed by atoms with Crippen molar-refractivity contribution >= 4 is 35.0 Å². The quantitative estimate of drug-likeness (QED) is 0.264. The molecule has 1 aromatic carbocycles. The van der Waals surface area contributed by atoms with Crippen molar-refractivity contribution in [3.8, 4) is 16.2 Å². The number of nitrogens with zero attached hydrogens (tertiary/aromatic N) is 2. The topological polar surface area (TPSA) is 147 Å². The molecule has 2 aliphatic heterocycles. The van der Waals surface area contributed by atoms with Gasteiger partial charge in [0, 0.05) is 31.4 Å². The molecule has 42 heavy (non-hydrogen) atoms. The van der Waals surface area contributed by atoms with Crippen LogP contribution in [0.4, 0.5) is 0 Å². The van der Waals surface area contributed by atoms with Crippen molar-refractivity contribution in [1.29, 1.82) is 0 Å². The zero-order chi connectivity index (χ0) is 30.4. The number of ether oxygens (including phenoxy) is 2. The Kier molecular flexibility index (Phi) is 10.2. The maximum absolute atomic E-state index is 13.7. The molecule has 0 spiro atoms. The van der Waals surface area contributed by atoms with Crippen LogP contribution in [0.25, 0.3) is 10.4 Å². The highest BCUT2D eigenvalue weighted by molar-refractivity contribution is 7.13. The third kappa shape index (κ3) is 7.86. The normalized spacial score (nSPS) is 18.4. The van der Waals surface area contributed by atoms with Crippen LogP contribution in [0, 0.1) is 5.41 Å². The zero-order valence-corrected chi connectivity index (χ0v) is 25.4. The lowest BCUT2D eigenvalue weighted by molar-refractivity contribution is -0.142. The predicted molar refractivity (Wildman–Crippen MR) is 156 cm³/mol. The van der Waals surface area contributed by atoms with Crippen LogP contribution in [0.2, 0.25) is 0 Å². The Morgan fingerprint density at radius 1 is 1.17 bits per heavy atom. The highest BCUT2D eigenvalue weighted by Gasteiger charge is 2.42. The Hall–Kier alpha value is -3.51. The zero-order valence-electron chi connectivity index (χ0n) is 24.6. The van der Waals surface area contributed by atoms with E-state index in [1.807, 2.05) is 39.0 Å². The van der Waals surface area contributed by atoms with Gasteiger partial charge in [-0.25, -0.2) is 4.98 Å². The number of β-amino-alcohol motifs (C(OH)–C–C–N with tert-alkyl or cyclic N) is 1. The number of benzene rings is 1. The van der Waals surface area contributed by atoms with E-state index >= 15 is 0 Å². The first-order chi connectivity index (χ1) is 20.0. The van der Waals surface area contributed by atoms with Crippen LogP contribution >= 0.6 is 11.3 Å². The van der Waals surface area contributed by atoms with Crippen LogP contribution in [0.5, 0.6) is 5.75 Å². The van der Waals surface area contributed by atoms with Crippen LogP contribution in [-0.2, 0) is 36.9 Å². The Labute approximate surface area is 250 Å². The number of fused-ring (bicyclic) bond motifs is 3. The van der Waals surface area contributed by atoms with Gasteiger partial charge >= 0.3 is 5.97 Å². The fourth-order valence-electron chi connectivity index (χ4n) is 5.22.